The molecule has 0 amide bonds. The summed E-state index contributed by atoms with van der Waals surface area (Å²) in [6.45, 7) is 0. The lowest BCUT2D eigenvalue weighted by molar-refractivity contribution is 0.104. The number of nitrogens with zero attached hydrogens (tertiary/aromatic N) is 3. The minimum absolute atomic E-state index is 0.127. The van der Waals surface area contributed by atoms with E-state index in [2.05, 4.69) is 21.0 Å². The number of carbonyl (C=O) groups is 1. The van der Waals surface area contributed by atoms with Crippen LogP contribution in [0.25, 0.3) is 22.1 Å². The van der Waals surface area contributed by atoms with Crippen LogP contribution in [-0.2, 0) is 0 Å². The first-order valence-corrected chi connectivity index (χ1v) is 12.3. The summed E-state index contributed by atoms with van der Waals surface area (Å²) in [7, 11) is 0. The van der Waals surface area contributed by atoms with E-state index in [-0.39, 0.29) is 17.6 Å². The molecule has 1 aliphatic carbocycles. The monoisotopic (exact) mass is 495 g/mol. The third kappa shape index (κ3) is 4.00. The molecule has 2 N–H and O–H groups in total. The van der Waals surface area contributed by atoms with Crippen LogP contribution in [0.2, 0.25) is 5.02 Å². The molecule has 3 aromatic heterocycles. The second kappa shape index (κ2) is 9.14. The molecule has 0 saturated heterocycles. The number of pyridine rings is 1. The first-order chi connectivity index (χ1) is 17.6. The van der Waals surface area contributed by atoms with Gasteiger partial charge in [-0.3, -0.25) is 4.79 Å². The highest BCUT2D eigenvalue weighted by atomic mass is 35.5. The van der Waals surface area contributed by atoms with Gasteiger partial charge in [-0.05, 0) is 49.9 Å². The van der Waals surface area contributed by atoms with Crippen LogP contribution in [0.1, 0.15) is 53.3 Å². The Morgan fingerprint density at radius 3 is 2.61 bits per heavy atom. The molecule has 36 heavy (non-hydrogen) atoms. The van der Waals surface area contributed by atoms with Crippen molar-refractivity contribution in [1.29, 1.82) is 5.26 Å². The van der Waals surface area contributed by atoms with E-state index in [0.29, 0.717) is 44.2 Å². The minimum atomic E-state index is -0.217. The highest BCUT2D eigenvalue weighted by Gasteiger charge is 2.26. The van der Waals surface area contributed by atoms with E-state index < -0.39 is 0 Å². The van der Waals surface area contributed by atoms with Crippen molar-refractivity contribution in [2.45, 2.75) is 31.6 Å². The molecule has 7 nitrogen and oxygen atoms in total. The van der Waals surface area contributed by atoms with Gasteiger partial charge in [-0.1, -0.05) is 29.8 Å². The Balaban J connectivity index is 1.33. The van der Waals surface area contributed by atoms with Crippen molar-refractivity contribution >= 4 is 39.5 Å². The number of nitriles is 1. The van der Waals surface area contributed by atoms with Crippen LogP contribution >= 0.6 is 11.6 Å². The number of fused-ring (bicyclic) bond motifs is 3. The molecule has 0 spiro atoms. The zero-order valence-electron chi connectivity index (χ0n) is 19.3. The van der Waals surface area contributed by atoms with Crippen LogP contribution in [0, 0.1) is 17.2 Å². The van der Waals surface area contributed by atoms with Crippen molar-refractivity contribution in [3.63, 3.8) is 0 Å². The predicted octanol–water partition coefficient (Wildman–Crippen LogP) is 6.91. The molecule has 178 valence electrons. The maximum atomic E-state index is 13.6. The Bertz CT molecular complexity index is 1620. The number of ketones is 1. The average Bonchev–Trinajstić information content (AvgIpc) is 3.53. The van der Waals surface area contributed by atoms with E-state index in [0.717, 1.165) is 37.0 Å². The molecule has 1 fully saturated rings. The van der Waals surface area contributed by atoms with Gasteiger partial charge in [0.05, 0.1) is 33.8 Å². The highest BCUT2D eigenvalue weighted by molar-refractivity contribution is 6.36. The lowest BCUT2D eigenvalue weighted by atomic mass is 9.82. The van der Waals surface area contributed by atoms with Gasteiger partial charge >= 0.3 is 0 Å². The van der Waals surface area contributed by atoms with E-state index in [9.17, 15) is 10.1 Å². The summed E-state index contributed by atoms with van der Waals surface area (Å²) in [5.74, 6) is 2.30. The topological polar surface area (TPSA) is 107 Å². The zero-order valence-corrected chi connectivity index (χ0v) is 20.0. The number of hydrogen-bond acceptors (Lipinski definition) is 5. The third-order valence-electron chi connectivity index (χ3n) is 6.87. The molecule has 0 bridgehead atoms. The summed E-state index contributed by atoms with van der Waals surface area (Å²) >= 11 is 6.53. The van der Waals surface area contributed by atoms with Crippen LogP contribution in [0.5, 0.6) is 11.5 Å². The molecule has 8 heteroatoms. The number of benzene rings is 2. The molecule has 1 aliphatic rings. The van der Waals surface area contributed by atoms with Gasteiger partial charge in [-0.2, -0.15) is 5.26 Å². The second-order valence-electron chi connectivity index (χ2n) is 9.13. The molecular formula is C28H22ClN5O2. The SMILES string of the molecule is N#CC1CCC(c2nc3c(cnc4[nH]cc(C(=O)c5ccc(Oc6ccccc6)cc5Cl)c43)[nH]2)CC1. The van der Waals surface area contributed by atoms with Crippen LogP contribution < -0.4 is 4.74 Å². The molecule has 3 heterocycles. The third-order valence-corrected chi connectivity index (χ3v) is 7.19. The van der Waals surface area contributed by atoms with Crippen molar-refractivity contribution in [3.05, 3.63) is 82.9 Å². The van der Waals surface area contributed by atoms with Gasteiger partial charge in [0.25, 0.3) is 0 Å². The second-order valence-corrected chi connectivity index (χ2v) is 9.54. The quantitative estimate of drug-likeness (QED) is 0.257. The van der Waals surface area contributed by atoms with E-state index in [1.807, 2.05) is 30.3 Å². The van der Waals surface area contributed by atoms with E-state index in [4.69, 9.17) is 21.3 Å². The fourth-order valence-corrected chi connectivity index (χ4v) is 5.21. The Kier molecular flexibility index (Phi) is 5.67. The molecule has 1 saturated carbocycles. The van der Waals surface area contributed by atoms with Crippen molar-refractivity contribution < 1.29 is 9.53 Å². The Morgan fingerprint density at radius 2 is 1.86 bits per heavy atom. The standard InChI is InChI=1S/C28H22ClN5O2/c29-22-12-19(36-18-4-2-1-3-5-18)10-11-20(22)26(35)21-14-31-28-24(21)25-23(15-32-28)33-27(34-25)17-8-6-16(13-30)7-9-17/h1-5,10-12,14-17H,6-9H2,(H,31,32)(H,33,34). The Hall–Kier alpha value is -4.15. The van der Waals surface area contributed by atoms with Crippen molar-refractivity contribution in [3.8, 4) is 17.6 Å². The van der Waals surface area contributed by atoms with Gasteiger partial charge < -0.3 is 14.7 Å². The van der Waals surface area contributed by atoms with Crippen molar-refractivity contribution in [2.75, 3.05) is 0 Å². The zero-order chi connectivity index (χ0) is 24.6. The van der Waals surface area contributed by atoms with Gasteiger partial charge in [0.2, 0.25) is 0 Å². The molecular weight excluding hydrogens is 474 g/mol. The number of H-pyrrole nitrogens is 2. The number of rotatable bonds is 5. The first kappa shape index (κ1) is 22.3. The van der Waals surface area contributed by atoms with Gasteiger partial charge in [-0.15, -0.1) is 0 Å². The summed E-state index contributed by atoms with van der Waals surface area (Å²) in [6, 6.07) is 16.8. The molecule has 0 aliphatic heterocycles. The summed E-state index contributed by atoms with van der Waals surface area (Å²) in [5.41, 5.74) is 2.93. The maximum Gasteiger partial charge on any atom is 0.196 e. The smallest absolute Gasteiger partial charge is 0.196 e. The number of ether oxygens (including phenoxy) is 1. The predicted molar refractivity (Wildman–Crippen MR) is 137 cm³/mol. The Labute approximate surface area is 212 Å². The normalized spacial score (nSPS) is 17.8. The molecule has 0 atom stereocenters. The number of para-hydroxylation sites is 1. The van der Waals surface area contributed by atoms with Gasteiger partial charge in [0.15, 0.2) is 5.78 Å². The summed E-state index contributed by atoms with van der Waals surface area (Å²) in [6.07, 6.45) is 6.99. The van der Waals surface area contributed by atoms with Gasteiger partial charge in [-0.25, -0.2) is 9.97 Å². The number of nitrogens with one attached hydrogen (secondary N) is 2. The number of carbonyl (C=O) groups excluding carboxylic acids is 1. The lowest BCUT2D eigenvalue weighted by Gasteiger charge is -2.22. The number of aromatic nitrogens is 4. The highest BCUT2D eigenvalue weighted by Crippen LogP contribution is 2.37. The van der Waals surface area contributed by atoms with Crippen LogP contribution in [-0.4, -0.2) is 25.7 Å². The fraction of sp³-hybridized carbons (Fsp3) is 0.214. The van der Waals surface area contributed by atoms with Crippen molar-refractivity contribution in [1.82, 2.24) is 19.9 Å². The van der Waals surface area contributed by atoms with Crippen LogP contribution in [0.3, 0.4) is 0 Å². The van der Waals surface area contributed by atoms with Crippen LogP contribution in [0.4, 0.5) is 0 Å². The molecule has 0 radical (unpaired) electrons. The number of hydrogen-bond donors (Lipinski definition) is 2. The van der Waals surface area contributed by atoms with Gasteiger partial charge in [0, 0.05) is 29.7 Å². The average molecular weight is 496 g/mol. The first-order valence-electron chi connectivity index (χ1n) is 11.9. The van der Waals surface area contributed by atoms with Gasteiger partial charge in [0.1, 0.15) is 28.5 Å². The van der Waals surface area contributed by atoms with Crippen LogP contribution in [0.15, 0.2) is 60.9 Å². The van der Waals surface area contributed by atoms with E-state index in [1.54, 1.807) is 30.6 Å². The molecule has 2 aromatic carbocycles. The summed E-state index contributed by atoms with van der Waals surface area (Å²) < 4.78 is 5.84. The van der Waals surface area contributed by atoms with E-state index in [1.165, 1.54) is 0 Å². The Morgan fingerprint density at radius 1 is 1.06 bits per heavy atom. The molecule has 0 unspecified atom stereocenters. The summed E-state index contributed by atoms with van der Waals surface area (Å²) in [4.78, 5) is 29.5. The maximum absolute atomic E-state index is 13.6. The number of imidazole rings is 1. The number of halogens is 1. The van der Waals surface area contributed by atoms with Crippen molar-refractivity contribution in [2.24, 2.45) is 5.92 Å². The van der Waals surface area contributed by atoms with E-state index >= 15 is 0 Å². The summed E-state index contributed by atoms with van der Waals surface area (Å²) in [5, 5.41) is 10.2. The molecule has 6 rings (SSSR count). The molecule has 5 aromatic rings. The lowest BCUT2D eigenvalue weighted by Crippen LogP contribution is -2.12. The number of aromatic amines is 2. The minimum Gasteiger partial charge on any atom is -0.457 e. The fourth-order valence-electron chi connectivity index (χ4n) is 4.95. The largest absolute Gasteiger partial charge is 0.457 e.